The Balaban J connectivity index is 2.39. The lowest BCUT2D eigenvalue weighted by atomic mass is 9.80. The molecule has 1 aromatic rings. The molecule has 0 radical (unpaired) electrons. The van der Waals surface area contributed by atoms with E-state index in [4.69, 9.17) is 0 Å². The Hall–Kier alpha value is -0.870. The lowest BCUT2D eigenvalue weighted by Crippen LogP contribution is -2.25. The zero-order valence-corrected chi connectivity index (χ0v) is 10.3. The van der Waals surface area contributed by atoms with Crippen molar-refractivity contribution in [3.63, 3.8) is 0 Å². The molecule has 1 saturated carbocycles. The molecule has 1 aliphatic carbocycles. The van der Waals surface area contributed by atoms with Crippen LogP contribution in [0.15, 0.2) is 29.2 Å². The molecule has 0 spiro atoms. The van der Waals surface area contributed by atoms with Crippen molar-refractivity contribution < 1.29 is 8.42 Å². The van der Waals surface area contributed by atoms with Gasteiger partial charge < -0.3 is 0 Å². The van der Waals surface area contributed by atoms with Gasteiger partial charge in [-0.15, -0.1) is 0 Å². The molecule has 4 heteroatoms. The van der Waals surface area contributed by atoms with Crippen molar-refractivity contribution in [2.24, 2.45) is 0 Å². The van der Waals surface area contributed by atoms with E-state index in [2.05, 4.69) is 4.72 Å². The van der Waals surface area contributed by atoms with Crippen molar-refractivity contribution in [2.45, 2.75) is 37.0 Å². The van der Waals surface area contributed by atoms with Gasteiger partial charge in [0.1, 0.15) is 0 Å². The Morgan fingerprint density at radius 3 is 2.56 bits per heavy atom. The molecule has 0 unspecified atom stereocenters. The van der Waals surface area contributed by atoms with Gasteiger partial charge in [-0.05, 0) is 30.4 Å². The van der Waals surface area contributed by atoms with Crippen LogP contribution in [-0.4, -0.2) is 15.0 Å². The highest BCUT2D eigenvalue weighted by Gasteiger charge is 2.26. The number of benzene rings is 1. The van der Waals surface area contributed by atoms with E-state index in [9.17, 15) is 8.42 Å². The van der Waals surface area contributed by atoms with Crippen molar-refractivity contribution in [2.75, 3.05) is 6.54 Å². The number of hydrogen-bond donors (Lipinski definition) is 1. The summed E-state index contributed by atoms with van der Waals surface area (Å²) in [6.07, 6.45) is 3.43. The van der Waals surface area contributed by atoms with Gasteiger partial charge in [-0.2, -0.15) is 0 Å². The number of nitrogens with one attached hydrogen (secondary N) is 1. The van der Waals surface area contributed by atoms with Crippen LogP contribution in [0.25, 0.3) is 0 Å². The second kappa shape index (κ2) is 4.55. The molecule has 1 N–H and O–H groups in total. The van der Waals surface area contributed by atoms with Crippen LogP contribution >= 0.6 is 0 Å². The lowest BCUT2D eigenvalue weighted by molar-refractivity contribution is 0.413. The van der Waals surface area contributed by atoms with Gasteiger partial charge in [0.2, 0.25) is 10.0 Å². The molecule has 0 aromatic heterocycles. The third-order valence-electron chi connectivity index (χ3n) is 3.09. The normalized spacial score (nSPS) is 17.1. The number of sulfonamides is 1. The topological polar surface area (TPSA) is 46.2 Å². The van der Waals surface area contributed by atoms with E-state index in [0.717, 1.165) is 18.4 Å². The molecule has 0 amide bonds. The summed E-state index contributed by atoms with van der Waals surface area (Å²) in [5, 5.41) is 0. The first kappa shape index (κ1) is 11.6. The summed E-state index contributed by atoms with van der Waals surface area (Å²) < 4.78 is 26.5. The van der Waals surface area contributed by atoms with E-state index >= 15 is 0 Å². The van der Waals surface area contributed by atoms with Gasteiger partial charge in [-0.3, -0.25) is 0 Å². The minimum Gasteiger partial charge on any atom is -0.211 e. The highest BCUT2D eigenvalue weighted by molar-refractivity contribution is 7.89. The van der Waals surface area contributed by atoms with E-state index in [1.165, 1.54) is 6.42 Å². The quantitative estimate of drug-likeness (QED) is 0.876. The Morgan fingerprint density at radius 1 is 1.31 bits per heavy atom. The molecule has 0 bridgehead atoms. The first-order valence-corrected chi connectivity index (χ1v) is 7.22. The summed E-state index contributed by atoms with van der Waals surface area (Å²) in [7, 11) is -3.31. The predicted molar refractivity (Wildman–Crippen MR) is 63.9 cm³/mol. The molecule has 3 nitrogen and oxygen atoms in total. The van der Waals surface area contributed by atoms with E-state index in [0.29, 0.717) is 17.4 Å². The van der Waals surface area contributed by atoms with Crippen LogP contribution in [0.3, 0.4) is 0 Å². The summed E-state index contributed by atoms with van der Waals surface area (Å²) in [5.41, 5.74) is 0.981. The minimum absolute atomic E-state index is 0.432. The second-order valence-corrected chi connectivity index (χ2v) is 5.90. The molecule has 0 saturated heterocycles. The van der Waals surface area contributed by atoms with Crippen molar-refractivity contribution in [3.8, 4) is 0 Å². The highest BCUT2D eigenvalue weighted by Crippen LogP contribution is 2.39. The Labute approximate surface area is 96.9 Å². The predicted octanol–water partition coefficient (Wildman–Crippen LogP) is 2.25. The van der Waals surface area contributed by atoms with Crippen LogP contribution in [0, 0.1) is 0 Å². The van der Waals surface area contributed by atoms with Crippen LogP contribution in [0.2, 0.25) is 0 Å². The smallest absolute Gasteiger partial charge is 0.211 e. The Kier molecular flexibility index (Phi) is 3.30. The van der Waals surface area contributed by atoms with Crippen molar-refractivity contribution in [1.29, 1.82) is 0 Å². The van der Waals surface area contributed by atoms with E-state index in [-0.39, 0.29) is 0 Å². The molecule has 1 aliphatic rings. The Bertz CT molecular complexity index is 464. The monoisotopic (exact) mass is 239 g/mol. The second-order valence-electron chi connectivity index (χ2n) is 4.17. The van der Waals surface area contributed by atoms with Crippen LogP contribution in [0.5, 0.6) is 0 Å². The molecule has 0 aliphatic heterocycles. The maximum absolute atomic E-state index is 12.0. The summed E-state index contributed by atoms with van der Waals surface area (Å²) >= 11 is 0. The number of rotatable bonds is 4. The fraction of sp³-hybridized carbons (Fsp3) is 0.500. The highest BCUT2D eigenvalue weighted by atomic mass is 32.2. The average Bonchev–Trinajstić information content (AvgIpc) is 2.15. The zero-order chi connectivity index (χ0) is 11.6. The molecule has 1 aromatic carbocycles. The van der Waals surface area contributed by atoms with Crippen LogP contribution < -0.4 is 4.72 Å². The van der Waals surface area contributed by atoms with Gasteiger partial charge in [0, 0.05) is 6.54 Å². The van der Waals surface area contributed by atoms with Gasteiger partial charge in [-0.25, -0.2) is 13.1 Å². The summed E-state index contributed by atoms with van der Waals surface area (Å²) in [6, 6.07) is 7.34. The molecule has 2 rings (SSSR count). The largest absolute Gasteiger partial charge is 0.240 e. The van der Waals surface area contributed by atoms with Crippen molar-refractivity contribution >= 4 is 10.0 Å². The third kappa shape index (κ3) is 2.13. The first-order chi connectivity index (χ1) is 7.65. The number of hydrogen-bond acceptors (Lipinski definition) is 2. The third-order valence-corrected chi connectivity index (χ3v) is 4.71. The SMILES string of the molecule is CCNS(=O)(=O)c1ccccc1C1CCC1. The van der Waals surface area contributed by atoms with Crippen LogP contribution in [-0.2, 0) is 10.0 Å². The van der Waals surface area contributed by atoms with E-state index < -0.39 is 10.0 Å². The van der Waals surface area contributed by atoms with Crippen molar-refractivity contribution in [3.05, 3.63) is 29.8 Å². The molecule has 16 heavy (non-hydrogen) atoms. The van der Waals surface area contributed by atoms with Gasteiger partial charge in [0.05, 0.1) is 4.90 Å². The Morgan fingerprint density at radius 2 is 2.00 bits per heavy atom. The zero-order valence-electron chi connectivity index (χ0n) is 9.44. The fourth-order valence-corrected chi connectivity index (χ4v) is 3.39. The standard InChI is InChI=1S/C12H17NO2S/c1-2-13-16(14,15)12-9-4-3-8-11(12)10-6-5-7-10/h3-4,8-10,13H,2,5-7H2,1H3. The molecular weight excluding hydrogens is 222 g/mol. The molecule has 0 heterocycles. The van der Waals surface area contributed by atoms with Crippen LogP contribution in [0.4, 0.5) is 0 Å². The summed E-state index contributed by atoms with van der Waals surface area (Å²) in [5.74, 6) is 0.435. The average molecular weight is 239 g/mol. The maximum atomic E-state index is 12.0. The molecule has 88 valence electrons. The fourth-order valence-electron chi connectivity index (χ4n) is 2.05. The van der Waals surface area contributed by atoms with E-state index in [1.54, 1.807) is 19.1 Å². The van der Waals surface area contributed by atoms with Gasteiger partial charge in [-0.1, -0.05) is 31.5 Å². The van der Waals surface area contributed by atoms with Gasteiger partial charge >= 0.3 is 0 Å². The van der Waals surface area contributed by atoms with Crippen molar-refractivity contribution in [1.82, 2.24) is 4.72 Å². The minimum atomic E-state index is -3.31. The summed E-state index contributed by atoms with van der Waals surface area (Å²) in [4.78, 5) is 0.460. The van der Waals surface area contributed by atoms with Crippen LogP contribution in [0.1, 0.15) is 37.7 Å². The van der Waals surface area contributed by atoms with Gasteiger partial charge in [0.25, 0.3) is 0 Å². The summed E-state index contributed by atoms with van der Waals surface area (Å²) in [6.45, 7) is 2.23. The maximum Gasteiger partial charge on any atom is 0.240 e. The molecule has 0 atom stereocenters. The molecule has 1 fully saturated rings. The van der Waals surface area contributed by atoms with E-state index in [1.807, 2.05) is 12.1 Å². The molecular formula is C12H17NO2S. The van der Waals surface area contributed by atoms with Gasteiger partial charge in [0.15, 0.2) is 0 Å². The first-order valence-electron chi connectivity index (χ1n) is 5.73. The lowest BCUT2D eigenvalue weighted by Gasteiger charge is -2.27.